The van der Waals surface area contributed by atoms with Gasteiger partial charge in [-0.15, -0.1) is 0 Å². The van der Waals surface area contributed by atoms with Gasteiger partial charge in [0, 0.05) is 23.5 Å². The number of nitrogens with zero attached hydrogens (tertiary/aromatic N) is 2. The van der Waals surface area contributed by atoms with Crippen molar-refractivity contribution in [3.05, 3.63) is 59.9 Å². The van der Waals surface area contributed by atoms with Crippen molar-refractivity contribution in [1.82, 2.24) is 9.97 Å². The van der Waals surface area contributed by atoms with Gasteiger partial charge >= 0.3 is 0 Å². The summed E-state index contributed by atoms with van der Waals surface area (Å²) in [6, 6.07) is 10.8. The van der Waals surface area contributed by atoms with E-state index < -0.39 is 0 Å². The second-order valence-corrected chi connectivity index (χ2v) is 4.76. The van der Waals surface area contributed by atoms with Gasteiger partial charge < -0.3 is 11.1 Å². The lowest BCUT2D eigenvalue weighted by Gasteiger charge is -2.10. The third kappa shape index (κ3) is 2.53. The number of carbonyl (C=O) groups is 1. The Bertz CT molecular complexity index is 829. The van der Waals surface area contributed by atoms with E-state index in [0.29, 0.717) is 16.9 Å². The monoisotopic (exact) mass is 278 g/mol. The normalized spacial score (nSPS) is 10.5. The van der Waals surface area contributed by atoms with Gasteiger partial charge in [-0.2, -0.15) is 0 Å². The fourth-order valence-corrected chi connectivity index (χ4v) is 2.19. The number of fused-ring (bicyclic) bond motifs is 1. The van der Waals surface area contributed by atoms with Crippen molar-refractivity contribution in [3.63, 3.8) is 0 Å². The highest BCUT2D eigenvalue weighted by molar-refractivity contribution is 6.13. The standard InChI is InChI=1S/C16H14N4O/c1-10-9-18-7-6-13(10)20-16(21)12-8-15(17)19-14-5-3-2-4-11(12)14/h2-9H,1H3,(H2,17,19)(H,18,20,21). The third-order valence-electron chi connectivity index (χ3n) is 3.25. The number of carbonyl (C=O) groups excluding carboxylic acids is 1. The number of amides is 1. The van der Waals surface area contributed by atoms with Crippen LogP contribution in [-0.2, 0) is 0 Å². The van der Waals surface area contributed by atoms with Crippen LogP contribution in [0.25, 0.3) is 10.9 Å². The number of hydrogen-bond donors (Lipinski definition) is 2. The maximum atomic E-state index is 12.5. The highest BCUT2D eigenvalue weighted by atomic mass is 16.1. The Labute approximate surface area is 121 Å². The van der Waals surface area contributed by atoms with Crippen LogP contribution in [0, 0.1) is 6.92 Å². The number of aryl methyl sites for hydroxylation is 1. The second-order valence-electron chi connectivity index (χ2n) is 4.76. The molecule has 0 fully saturated rings. The number of para-hydroxylation sites is 1. The Balaban J connectivity index is 2.04. The molecule has 21 heavy (non-hydrogen) atoms. The molecule has 2 heterocycles. The largest absolute Gasteiger partial charge is 0.384 e. The van der Waals surface area contributed by atoms with E-state index in [9.17, 15) is 4.79 Å². The van der Waals surface area contributed by atoms with Crippen molar-refractivity contribution in [1.29, 1.82) is 0 Å². The summed E-state index contributed by atoms with van der Waals surface area (Å²) in [6.07, 6.45) is 3.34. The first-order chi connectivity index (χ1) is 10.1. The van der Waals surface area contributed by atoms with Crippen LogP contribution in [0.15, 0.2) is 48.8 Å². The van der Waals surface area contributed by atoms with Crippen molar-refractivity contribution < 1.29 is 4.79 Å². The van der Waals surface area contributed by atoms with Gasteiger partial charge in [0.2, 0.25) is 0 Å². The summed E-state index contributed by atoms with van der Waals surface area (Å²) in [5.74, 6) is 0.111. The summed E-state index contributed by atoms with van der Waals surface area (Å²) in [5.41, 5.74) is 8.63. The van der Waals surface area contributed by atoms with Crippen LogP contribution in [-0.4, -0.2) is 15.9 Å². The van der Waals surface area contributed by atoms with Crippen molar-refractivity contribution in [2.75, 3.05) is 11.1 Å². The summed E-state index contributed by atoms with van der Waals surface area (Å²) in [6.45, 7) is 1.89. The molecule has 0 aliphatic heterocycles. The molecule has 2 aromatic heterocycles. The summed E-state index contributed by atoms with van der Waals surface area (Å²) in [5, 5.41) is 3.66. The Morgan fingerprint density at radius 3 is 2.86 bits per heavy atom. The molecule has 0 aliphatic carbocycles. The molecule has 3 aromatic rings. The summed E-state index contributed by atoms with van der Waals surface area (Å²) in [4.78, 5) is 20.8. The topological polar surface area (TPSA) is 80.9 Å². The average molecular weight is 278 g/mol. The molecule has 5 nitrogen and oxygen atoms in total. The van der Waals surface area contributed by atoms with E-state index in [1.165, 1.54) is 0 Å². The number of nitrogens with two attached hydrogens (primary N) is 1. The highest BCUT2D eigenvalue weighted by Gasteiger charge is 2.13. The van der Waals surface area contributed by atoms with Crippen molar-refractivity contribution in [2.45, 2.75) is 6.92 Å². The molecule has 0 radical (unpaired) electrons. The number of hydrogen-bond acceptors (Lipinski definition) is 4. The van der Waals surface area contributed by atoms with Gasteiger partial charge in [-0.05, 0) is 30.7 Å². The number of benzene rings is 1. The fraction of sp³-hybridized carbons (Fsp3) is 0.0625. The van der Waals surface area contributed by atoms with Crippen LogP contribution in [0.4, 0.5) is 11.5 Å². The van der Waals surface area contributed by atoms with Crippen molar-refractivity contribution in [3.8, 4) is 0 Å². The van der Waals surface area contributed by atoms with Crippen LogP contribution < -0.4 is 11.1 Å². The molecule has 1 amide bonds. The van der Waals surface area contributed by atoms with Crippen LogP contribution in [0.2, 0.25) is 0 Å². The van der Waals surface area contributed by atoms with Crippen LogP contribution in [0.5, 0.6) is 0 Å². The fourth-order valence-electron chi connectivity index (χ4n) is 2.19. The molecular formula is C16H14N4O. The van der Waals surface area contributed by atoms with E-state index >= 15 is 0 Å². The summed E-state index contributed by atoms with van der Waals surface area (Å²) >= 11 is 0. The Morgan fingerprint density at radius 2 is 2.05 bits per heavy atom. The van der Waals surface area contributed by atoms with E-state index in [-0.39, 0.29) is 5.91 Å². The number of rotatable bonds is 2. The van der Waals surface area contributed by atoms with Crippen molar-refractivity contribution >= 4 is 28.3 Å². The maximum Gasteiger partial charge on any atom is 0.256 e. The molecule has 0 bridgehead atoms. The van der Waals surface area contributed by atoms with E-state index in [1.807, 2.05) is 31.2 Å². The molecule has 0 aliphatic rings. The number of aromatic nitrogens is 2. The minimum Gasteiger partial charge on any atom is -0.384 e. The molecule has 1 aromatic carbocycles. The van der Waals surface area contributed by atoms with Gasteiger partial charge in [-0.3, -0.25) is 9.78 Å². The lowest BCUT2D eigenvalue weighted by molar-refractivity contribution is 0.102. The lowest BCUT2D eigenvalue weighted by atomic mass is 10.1. The molecule has 104 valence electrons. The van der Waals surface area contributed by atoms with Gasteiger partial charge in [0.15, 0.2) is 0 Å². The zero-order valence-corrected chi connectivity index (χ0v) is 11.5. The first kappa shape index (κ1) is 13.1. The Hall–Kier alpha value is -2.95. The van der Waals surface area contributed by atoms with Gasteiger partial charge in [0.1, 0.15) is 5.82 Å². The summed E-state index contributed by atoms with van der Waals surface area (Å²) in [7, 11) is 0. The van der Waals surface area contributed by atoms with Gasteiger partial charge in [0.25, 0.3) is 5.91 Å². The highest BCUT2D eigenvalue weighted by Crippen LogP contribution is 2.21. The Kier molecular flexibility index (Phi) is 3.23. The average Bonchev–Trinajstić information content (AvgIpc) is 2.48. The molecular weight excluding hydrogens is 264 g/mol. The maximum absolute atomic E-state index is 12.5. The summed E-state index contributed by atoms with van der Waals surface area (Å²) < 4.78 is 0. The van der Waals surface area contributed by atoms with Crippen LogP contribution >= 0.6 is 0 Å². The van der Waals surface area contributed by atoms with Gasteiger partial charge in [0.05, 0.1) is 11.1 Å². The molecule has 0 saturated carbocycles. The minimum absolute atomic E-state index is 0.213. The van der Waals surface area contributed by atoms with Crippen LogP contribution in [0.3, 0.4) is 0 Å². The number of pyridine rings is 2. The Morgan fingerprint density at radius 1 is 1.24 bits per heavy atom. The molecule has 0 spiro atoms. The van der Waals surface area contributed by atoms with Crippen LogP contribution in [0.1, 0.15) is 15.9 Å². The molecule has 0 saturated heterocycles. The third-order valence-corrected chi connectivity index (χ3v) is 3.25. The molecule has 3 N–H and O–H groups in total. The minimum atomic E-state index is -0.213. The predicted octanol–water partition coefficient (Wildman–Crippen LogP) is 2.77. The van der Waals surface area contributed by atoms with E-state index in [4.69, 9.17) is 5.73 Å². The first-order valence-corrected chi connectivity index (χ1v) is 6.52. The smallest absolute Gasteiger partial charge is 0.256 e. The number of anilines is 2. The molecule has 5 heteroatoms. The van der Waals surface area contributed by atoms with E-state index in [1.54, 1.807) is 24.5 Å². The molecule has 3 rings (SSSR count). The van der Waals surface area contributed by atoms with E-state index in [0.717, 1.165) is 16.6 Å². The number of nitrogens with one attached hydrogen (secondary N) is 1. The quantitative estimate of drug-likeness (QED) is 0.755. The first-order valence-electron chi connectivity index (χ1n) is 6.52. The van der Waals surface area contributed by atoms with Gasteiger partial charge in [-0.1, -0.05) is 18.2 Å². The molecule has 0 atom stereocenters. The lowest BCUT2D eigenvalue weighted by Crippen LogP contribution is -2.14. The van der Waals surface area contributed by atoms with Crippen molar-refractivity contribution in [2.24, 2.45) is 0 Å². The van der Waals surface area contributed by atoms with E-state index in [2.05, 4.69) is 15.3 Å². The SMILES string of the molecule is Cc1cnccc1NC(=O)c1cc(N)nc2ccccc12. The predicted molar refractivity (Wildman–Crippen MR) is 83.1 cm³/mol. The second kappa shape index (κ2) is 5.20. The zero-order valence-electron chi connectivity index (χ0n) is 11.5. The zero-order chi connectivity index (χ0) is 14.8. The number of nitrogen functional groups attached to an aromatic ring is 1. The van der Waals surface area contributed by atoms with Gasteiger partial charge in [-0.25, -0.2) is 4.98 Å². The molecule has 0 unspecified atom stereocenters.